The van der Waals surface area contributed by atoms with Crippen LogP contribution in [0, 0.1) is 0 Å². The number of hydrogen-bond donors (Lipinski definition) is 0. The van der Waals surface area contributed by atoms with Crippen LogP contribution < -0.4 is 9.64 Å². The maximum Gasteiger partial charge on any atom is 0.151 e. The van der Waals surface area contributed by atoms with Gasteiger partial charge >= 0.3 is 0 Å². The molecule has 94 valence electrons. The number of ether oxygens (including phenoxy) is 1. The van der Waals surface area contributed by atoms with Crippen LogP contribution in [0.1, 0.15) is 5.69 Å². The number of anilines is 1. The van der Waals surface area contributed by atoms with E-state index in [1.807, 2.05) is 37.4 Å². The van der Waals surface area contributed by atoms with Gasteiger partial charge in [-0.2, -0.15) is 5.10 Å². The van der Waals surface area contributed by atoms with Gasteiger partial charge in [-0.15, -0.1) is 5.10 Å². The zero-order valence-electron chi connectivity index (χ0n) is 10.3. The van der Waals surface area contributed by atoms with Crippen molar-refractivity contribution in [3.8, 4) is 5.75 Å². The summed E-state index contributed by atoms with van der Waals surface area (Å²) in [5.74, 6) is 0.835. The van der Waals surface area contributed by atoms with E-state index >= 15 is 0 Å². The van der Waals surface area contributed by atoms with Crippen LogP contribution in [0.2, 0.25) is 5.15 Å². The van der Waals surface area contributed by atoms with Gasteiger partial charge in [-0.1, -0.05) is 23.7 Å². The number of benzene rings is 1. The lowest BCUT2D eigenvalue weighted by molar-refractivity contribution is 0.414. The van der Waals surface area contributed by atoms with Crippen LogP contribution in [0.15, 0.2) is 36.4 Å². The Morgan fingerprint density at radius 1 is 1.17 bits per heavy atom. The third-order valence-corrected chi connectivity index (χ3v) is 2.78. The number of rotatable bonds is 4. The Hall–Kier alpha value is -1.81. The molecule has 4 nitrogen and oxygen atoms in total. The summed E-state index contributed by atoms with van der Waals surface area (Å²) in [7, 11) is 3.64. The Balaban J connectivity index is 2.16. The number of hydrogen-bond acceptors (Lipinski definition) is 4. The fraction of sp³-hybridized carbons (Fsp3) is 0.231. The number of para-hydroxylation sites is 2. The topological polar surface area (TPSA) is 38.2 Å². The summed E-state index contributed by atoms with van der Waals surface area (Å²) in [5.41, 5.74) is 1.87. The van der Waals surface area contributed by atoms with E-state index in [0.717, 1.165) is 17.1 Å². The maximum atomic E-state index is 5.71. The van der Waals surface area contributed by atoms with Crippen molar-refractivity contribution in [2.45, 2.75) is 6.54 Å². The monoisotopic (exact) mass is 263 g/mol. The minimum atomic E-state index is 0.402. The fourth-order valence-corrected chi connectivity index (χ4v) is 1.80. The summed E-state index contributed by atoms with van der Waals surface area (Å²) in [6, 6.07) is 11.4. The highest BCUT2D eigenvalue weighted by Gasteiger charge is 2.08. The molecule has 0 fully saturated rings. The van der Waals surface area contributed by atoms with Crippen LogP contribution in [-0.2, 0) is 6.54 Å². The Labute approximate surface area is 111 Å². The predicted octanol–water partition coefficient (Wildman–Crippen LogP) is 2.78. The van der Waals surface area contributed by atoms with Crippen LogP contribution in [0.3, 0.4) is 0 Å². The summed E-state index contributed by atoms with van der Waals surface area (Å²) in [4.78, 5) is 2.05. The van der Waals surface area contributed by atoms with Crippen molar-refractivity contribution in [1.29, 1.82) is 0 Å². The van der Waals surface area contributed by atoms with Crippen molar-refractivity contribution in [3.63, 3.8) is 0 Å². The van der Waals surface area contributed by atoms with Crippen LogP contribution in [0.5, 0.6) is 5.75 Å². The van der Waals surface area contributed by atoms with Crippen molar-refractivity contribution in [3.05, 3.63) is 47.2 Å². The van der Waals surface area contributed by atoms with Gasteiger partial charge in [-0.3, -0.25) is 0 Å². The quantitative estimate of drug-likeness (QED) is 0.850. The van der Waals surface area contributed by atoms with Crippen LogP contribution in [0.25, 0.3) is 0 Å². The molecule has 0 aliphatic rings. The van der Waals surface area contributed by atoms with Gasteiger partial charge in [-0.05, 0) is 24.3 Å². The van der Waals surface area contributed by atoms with E-state index in [4.69, 9.17) is 16.3 Å². The molecule has 0 aliphatic heterocycles. The lowest BCUT2D eigenvalue weighted by Crippen LogP contribution is -2.18. The zero-order valence-corrected chi connectivity index (χ0v) is 11.1. The first-order valence-corrected chi connectivity index (χ1v) is 5.91. The van der Waals surface area contributed by atoms with Crippen molar-refractivity contribution in [2.75, 3.05) is 19.1 Å². The molecule has 0 radical (unpaired) electrons. The van der Waals surface area contributed by atoms with Gasteiger partial charge in [0.2, 0.25) is 0 Å². The Bertz CT molecular complexity index is 516. The summed E-state index contributed by atoms with van der Waals surface area (Å²) in [5, 5.41) is 8.26. The van der Waals surface area contributed by atoms with Gasteiger partial charge in [-0.25, -0.2) is 0 Å². The normalized spacial score (nSPS) is 10.2. The zero-order chi connectivity index (χ0) is 13.0. The molecule has 5 heteroatoms. The first-order chi connectivity index (χ1) is 8.70. The molecule has 1 aromatic heterocycles. The van der Waals surface area contributed by atoms with E-state index in [-0.39, 0.29) is 0 Å². The van der Waals surface area contributed by atoms with Crippen molar-refractivity contribution in [2.24, 2.45) is 0 Å². The van der Waals surface area contributed by atoms with Gasteiger partial charge < -0.3 is 9.64 Å². The highest BCUT2D eigenvalue weighted by Crippen LogP contribution is 2.27. The Morgan fingerprint density at radius 2 is 1.94 bits per heavy atom. The fourth-order valence-electron chi connectivity index (χ4n) is 1.70. The molecule has 0 amide bonds. The Kier molecular flexibility index (Phi) is 3.99. The molecule has 0 aliphatic carbocycles. The molecule has 1 aromatic carbocycles. The second kappa shape index (κ2) is 5.69. The second-order valence-electron chi connectivity index (χ2n) is 3.88. The second-order valence-corrected chi connectivity index (χ2v) is 4.26. The van der Waals surface area contributed by atoms with Crippen molar-refractivity contribution in [1.82, 2.24) is 10.2 Å². The summed E-state index contributed by atoms with van der Waals surface area (Å²) in [6.45, 7) is 0.643. The standard InChI is InChI=1S/C13H14ClN3O/c1-17(9-10-7-8-13(14)16-15-10)11-5-3-4-6-12(11)18-2/h3-8H,9H2,1-2H3. The molecule has 0 spiro atoms. The third-order valence-electron chi connectivity index (χ3n) is 2.58. The van der Waals surface area contributed by atoms with Gasteiger partial charge in [0.05, 0.1) is 25.0 Å². The van der Waals surface area contributed by atoms with E-state index in [9.17, 15) is 0 Å². The number of nitrogens with zero attached hydrogens (tertiary/aromatic N) is 3. The smallest absolute Gasteiger partial charge is 0.151 e. The summed E-state index contributed by atoms with van der Waals surface area (Å²) in [6.07, 6.45) is 0. The van der Waals surface area contributed by atoms with E-state index < -0.39 is 0 Å². The van der Waals surface area contributed by atoms with E-state index in [1.165, 1.54) is 0 Å². The number of aromatic nitrogens is 2. The van der Waals surface area contributed by atoms with Crippen molar-refractivity contribution < 1.29 is 4.74 Å². The molecule has 0 saturated heterocycles. The highest BCUT2D eigenvalue weighted by atomic mass is 35.5. The summed E-state index contributed by atoms with van der Waals surface area (Å²) < 4.78 is 5.32. The van der Waals surface area contributed by atoms with Crippen LogP contribution in [-0.4, -0.2) is 24.4 Å². The molecule has 18 heavy (non-hydrogen) atoms. The first-order valence-electron chi connectivity index (χ1n) is 5.53. The Morgan fingerprint density at radius 3 is 2.61 bits per heavy atom. The molecular weight excluding hydrogens is 250 g/mol. The first kappa shape index (κ1) is 12.6. The maximum absolute atomic E-state index is 5.71. The number of halogens is 1. The molecule has 2 rings (SSSR count). The minimum absolute atomic E-state index is 0.402. The predicted molar refractivity (Wildman–Crippen MR) is 72.1 cm³/mol. The molecule has 0 N–H and O–H groups in total. The average molecular weight is 264 g/mol. The number of methoxy groups -OCH3 is 1. The van der Waals surface area contributed by atoms with Gasteiger partial charge in [0, 0.05) is 7.05 Å². The summed E-state index contributed by atoms with van der Waals surface area (Å²) >= 11 is 5.71. The third kappa shape index (κ3) is 2.90. The van der Waals surface area contributed by atoms with Gasteiger partial charge in [0.15, 0.2) is 5.15 Å². The molecule has 0 bridgehead atoms. The highest BCUT2D eigenvalue weighted by molar-refractivity contribution is 6.29. The van der Waals surface area contributed by atoms with Crippen LogP contribution >= 0.6 is 11.6 Å². The lowest BCUT2D eigenvalue weighted by Gasteiger charge is -2.20. The van der Waals surface area contributed by atoms with Crippen molar-refractivity contribution >= 4 is 17.3 Å². The van der Waals surface area contributed by atoms with Crippen LogP contribution in [0.4, 0.5) is 5.69 Å². The van der Waals surface area contributed by atoms with Gasteiger partial charge in [0.25, 0.3) is 0 Å². The van der Waals surface area contributed by atoms with E-state index in [0.29, 0.717) is 11.7 Å². The average Bonchev–Trinajstić information content (AvgIpc) is 2.41. The molecular formula is C13H14ClN3O. The largest absolute Gasteiger partial charge is 0.495 e. The van der Waals surface area contributed by atoms with E-state index in [2.05, 4.69) is 15.1 Å². The van der Waals surface area contributed by atoms with E-state index in [1.54, 1.807) is 13.2 Å². The lowest BCUT2D eigenvalue weighted by atomic mass is 10.2. The SMILES string of the molecule is COc1ccccc1N(C)Cc1ccc(Cl)nn1. The molecule has 0 saturated carbocycles. The van der Waals surface area contributed by atoms with Gasteiger partial charge in [0.1, 0.15) is 5.75 Å². The molecule has 2 aromatic rings. The minimum Gasteiger partial charge on any atom is -0.495 e. The molecule has 0 atom stereocenters. The molecule has 1 heterocycles. The molecule has 0 unspecified atom stereocenters.